The Morgan fingerprint density at radius 2 is 1.92 bits per heavy atom. The van der Waals surface area contributed by atoms with Crippen molar-refractivity contribution in [1.82, 2.24) is 15.3 Å². The summed E-state index contributed by atoms with van der Waals surface area (Å²) in [6.07, 6.45) is 10.2. The number of hydrogen-bond acceptors (Lipinski definition) is 6. The van der Waals surface area contributed by atoms with Gasteiger partial charge in [0.2, 0.25) is 0 Å². The van der Waals surface area contributed by atoms with Gasteiger partial charge in [0.15, 0.2) is 0 Å². The number of nitrogens with one attached hydrogen (secondary N) is 2. The summed E-state index contributed by atoms with van der Waals surface area (Å²) in [5.41, 5.74) is 10.6. The number of anilines is 3. The molecule has 0 aliphatic rings. The van der Waals surface area contributed by atoms with Crippen molar-refractivity contribution in [1.29, 1.82) is 0 Å². The van der Waals surface area contributed by atoms with Crippen LogP contribution in [0.2, 0.25) is 0 Å². The van der Waals surface area contributed by atoms with Crippen LogP contribution in [0.25, 0.3) is 11.3 Å². The van der Waals surface area contributed by atoms with Crippen LogP contribution in [0.3, 0.4) is 0 Å². The number of nitrogens with two attached hydrogens (primary N) is 1. The summed E-state index contributed by atoms with van der Waals surface area (Å²) in [6, 6.07) is 12.4. The van der Waals surface area contributed by atoms with E-state index >= 15 is 0 Å². The van der Waals surface area contributed by atoms with Gasteiger partial charge in [-0.3, -0.25) is 4.99 Å². The van der Waals surface area contributed by atoms with Crippen LogP contribution < -0.4 is 16.4 Å². The first-order valence-electron chi connectivity index (χ1n) is 12.6. The fourth-order valence-corrected chi connectivity index (χ4v) is 3.95. The van der Waals surface area contributed by atoms with Gasteiger partial charge >= 0.3 is 0 Å². The molecule has 0 bridgehead atoms. The number of rotatable bonds is 12. The van der Waals surface area contributed by atoms with E-state index in [-0.39, 0.29) is 11.6 Å². The Hall–Kier alpha value is -3.74. The number of nitrogen functional groups attached to an aromatic ring is 1. The molecule has 3 rings (SSSR count). The zero-order valence-electron chi connectivity index (χ0n) is 21.7. The molecule has 0 aliphatic carbocycles. The number of nitrogens with zero attached hydrogens (tertiary/aromatic N) is 3. The normalized spacial score (nSPS) is 11.9. The minimum atomic E-state index is -0.404. The lowest BCUT2D eigenvalue weighted by atomic mass is 9.95. The molecule has 0 spiro atoms. The first kappa shape index (κ1) is 26.9. The summed E-state index contributed by atoms with van der Waals surface area (Å²) < 4.78 is 14.8. The highest BCUT2D eigenvalue weighted by molar-refractivity contribution is 6.06. The predicted octanol–water partition coefficient (Wildman–Crippen LogP) is 6.52. The van der Waals surface area contributed by atoms with Gasteiger partial charge in [-0.05, 0) is 73.7 Å². The molecule has 2 heterocycles. The molecule has 0 unspecified atom stereocenters. The molecule has 7 heteroatoms. The molecular formula is C29H37FN6. The van der Waals surface area contributed by atoms with E-state index in [4.69, 9.17) is 5.73 Å². The molecule has 0 aliphatic heterocycles. The maximum absolute atomic E-state index is 14.8. The fourth-order valence-electron chi connectivity index (χ4n) is 3.95. The Morgan fingerprint density at radius 1 is 1.11 bits per heavy atom. The van der Waals surface area contributed by atoms with E-state index in [2.05, 4.69) is 58.5 Å². The molecule has 2 aromatic heterocycles. The molecule has 0 fully saturated rings. The Morgan fingerprint density at radius 3 is 2.61 bits per heavy atom. The van der Waals surface area contributed by atoms with Crippen molar-refractivity contribution in [2.45, 2.75) is 46.5 Å². The van der Waals surface area contributed by atoms with Crippen LogP contribution in [0.4, 0.5) is 21.7 Å². The van der Waals surface area contributed by atoms with E-state index in [1.165, 1.54) is 11.6 Å². The van der Waals surface area contributed by atoms with Crippen LogP contribution in [0.15, 0.2) is 65.9 Å². The van der Waals surface area contributed by atoms with Gasteiger partial charge < -0.3 is 16.4 Å². The molecule has 0 saturated heterocycles. The minimum Gasteiger partial charge on any atom is -0.398 e. The van der Waals surface area contributed by atoms with Crippen molar-refractivity contribution in [2.75, 3.05) is 24.6 Å². The topological polar surface area (TPSA) is 88.2 Å². The molecule has 0 atom stereocenters. The van der Waals surface area contributed by atoms with Crippen LogP contribution in [-0.4, -0.2) is 29.3 Å². The largest absolute Gasteiger partial charge is 0.398 e. The summed E-state index contributed by atoms with van der Waals surface area (Å²) >= 11 is 0. The first-order chi connectivity index (χ1) is 17.4. The van der Waals surface area contributed by atoms with Gasteiger partial charge in [-0.2, -0.15) is 0 Å². The van der Waals surface area contributed by atoms with Gasteiger partial charge in [0.25, 0.3) is 0 Å². The van der Waals surface area contributed by atoms with E-state index < -0.39 is 5.82 Å². The lowest BCUT2D eigenvalue weighted by Gasteiger charge is -2.14. The number of unbranched alkanes of at least 4 members (excludes halogenated alkanes) is 1. The third kappa shape index (κ3) is 7.38. The van der Waals surface area contributed by atoms with Crippen molar-refractivity contribution in [3.63, 3.8) is 0 Å². The van der Waals surface area contributed by atoms with Crippen LogP contribution in [-0.2, 0) is 6.42 Å². The first-order valence-corrected chi connectivity index (χ1v) is 12.6. The molecule has 190 valence electrons. The number of halogens is 1. The van der Waals surface area contributed by atoms with Gasteiger partial charge in [-0.15, -0.1) is 0 Å². The van der Waals surface area contributed by atoms with Crippen molar-refractivity contribution >= 4 is 23.0 Å². The second-order valence-corrected chi connectivity index (χ2v) is 8.99. The number of allylic oxidation sites excluding steroid dienone is 1. The van der Waals surface area contributed by atoms with Gasteiger partial charge in [-0.25, -0.2) is 14.4 Å². The molecule has 0 amide bonds. The lowest BCUT2D eigenvalue weighted by molar-refractivity contribution is 0.626. The van der Waals surface area contributed by atoms with E-state index in [1.807, 2.05) is 24.5 Å². The summed E-state index contributed by atoms with van der Waals surface area (Å²) in [6.45, 7) is 7.20. The summed E-state index contributed by atoms with van der Waals surface area (Å²) in [4.78, 5) is 13.4. The third-order valence-electron chi connectivity index (χ3n) is 5.83. The molecule has 4 N–H and O–H groups in total. The van der Waals surface area contributed by atoms with Gasteiger partial charge in [0, 0.05) is 42.3 Å². The van der Waals surface area contributed by atoms with E-state index in [1.54, 1.807) is 25.2 Å². The Balaban J connectivity index is 1.68. The zero-order chi connectivity index (χ0) is 25.9. The predicted molar refractivity (Wildman–Crippen MR) is 149 cm³/mol. The lowest BCUT2D eigenvalue weighted by Crippen LogP contribution is -2.12. The number of hydrogen-bond donors (Lipinski definition) is 3. The maximum atomic E-state index is 14.8. The second kappa shape index (κ2) is 13.4. The van der Waals surface area contributed by atoms with Crippen molar-refractivity contribution < 1.29 is 4.39 Å². The molecule has 0 saturated carbocycles. The smallest absolute Gasteiger partial charge is 0.149 e. The molecule has 0 radical (unpaired) electrons. The van der Waals surface area contributed by atoms with E-state index in [0.29, 0.717) is 22.9 Å². The molecule has 36 heavy (non-hydrogen) atoms. The molecular weight excluding hydrogens is 451 g/mol. The van der Waals surface area contributed by atoms with Crippen molar-refractivity contribution in [3.8, 4) is 11.3 Å². The highest BCUT2D eigenvalue weighted by Gasteiger charge is 2.15. The van der Waals surface area contributed by atoms with Gasteiger partial charge in [0.05, 0.1) is 0 Å². The van der Waals surface area contributed by atoms with Crippen molar-refractivity contribution in [3.05, 3.63) is 77.9 Å². The third-order valence-corrected chi connectivity index (χ3v) is 5.83. The van der Waals surface area contributed by atoms with Gasteiger partial charge in [-0.1, -0.05) is 39.0 Å². The highest BCUT2D eigenvalue weighted by atomic mass is 19.1. The van der Waals surface area contributed by atoms with E-state index in [0.717, 1.165) is 43.5 Å². The highest BCUT2D eigenvalue weighted by Crippen LogP contribution is 2.28. The summed E-state index contributed by atoms with van der Waals surface area (Å²) in [5.74, 6) is 0.962. The molecule has 1 aromatic carbocycles. The number of aryl methyl sites for hydroxylation is 1. The standard InChI is InChI=1S/C29H37FN6/c1-5-6-16-33-17-8-7-9-21-10-14-26(34-19-21)35-27-15-12-24(30)29(36-27)22-11-13-25(31)23(18-22)28(32-4)20(2)3/h6,10-16,18-20,33H,5,7-9,17,31H2,1-4H3,(H,34,35,36)/b16-6+,32-28?. The fraction of sp³-hybridized carbons (Fsp3) is 0.345. The number of benzene rings is 1. The van der Waals surface area contributed by atoms with Crippen LogP contribution in [0.5, 0.6) is 0 Å². The number of aromatic nitrogens is 2. The van der Waals surface area contributed by atoms with Crippen LogP contribution in [0.1, 0.15) is 51.2 Å². The molecule has 6 nitrogen and oxygen atoms in total. The average molecular weight is 489 g/mol. The van der Waals surface area contributed by atoms with Crippen LogP contribution >= 0.6 is 0 Å². The monoisotopic (exact) mass is 488 g/mol. The average Bonchev–Trinajstić information content (AvgIpc) is 2.87. The van der Waals surface area contributed by atoms with E-state index in [9.17, 15) is 4.39 Å². The van der Waals surface area contributed by atoms with Crippen LogP contribution in [0, 0.1) is 11.7 Å². The Bertz CT molecular complexity index is 1180. The minimum absolute atomic E-state index is 0.187. The Kier molecular flexibility index (Phi) is 9.98. The Labute approximate surface area is 214 Å². The second-order valence-electron chi connectivity index (χ2n) is 8.99. The number of pyridine rings is 2. The maximum Gasteiger partial charge on any atom is 0.149 e. The quantitative estimate of drug-likeness (QED) is 0.153. The SMILES string of the molecule is CC/C=C/NCCCCc1ccc(Nc2ccc(F)c(-c3ccc(N)c(C(=NC)C(C)C)c3)n2)nc1. The van der Waals surface area contributed by atoms with Crippen molar-refractivity contribution in [2.24, 2.45) is 10.9 Å². The summed E-state index contributed by atoms with van der Waals surface area (Å²) in [5, 5.41) is 6.48. The van der Waals surface area contributed by atoms with Gasteiger partial charge in [0.1, 0.15) is 23.1 Å². The molecule has 3 aromatic rings. The summed E-state index contributed by atoms with van der Waals surface area (Å²) in [7, 11) is 1.74. The number of aliphatic imine (C=N–C) groups is 1. The zero-order valence-corrected chi connectivity index (χ0v) is 21.7.